The molecule has 0 unspecified atom stereocenters. The fourth-order valence-corrected chi connectivity index (χ4v) is 1.19. The summed E-state index contributed by atoms with van der Waals surface area (Å²) in [4.78, 5) is 19.5. The second-order valence-corrected chi connectivity index (χ2v) is 4.37. The van der Waals surface area contributed by atoms with E-state index in [1.54, 1.807) is 6.20 Å². The van der Waals surface area contributed by atoms with Crippen molar-refractivity contribution < 1.29 is 4.79 Å². The molecule has 0 aliphatic rings. The van der Waals surface area contributed by atoms with E-state index in [9.17, 15) is 4.79 Å². The molecule has 0 aromatic carbocycles. The number of guanidine groups is 1. The molecule has 0 fully saturated rings. The van der Waals surface area contributed by atoms with Crippen molar-refractivity contribution in [3.63, 3.8) is 0 Å². The van der Waals surface area contributed by atoms with Crippen LogP contribution in [0.25, 0.3) is 0 Å². The van der Waals surface area contributed by atoms with E-state index in [2.05, 4.69) is 20.6 Å². The number of urea groups is 1. The van der Waals surface area contributed by atoms with E-state index in [1.807, 2.05) is 32.9 Å². The highest BCUT2D eigenvalue weighted by molar-refractivity contribution is 5.96. The number of pyridine rings is 1. The van der Waals surface area contributed by atoms with Crippen LogP contribution in [0.15, 0.2) is 23.3 Å². The Morgan fingerprint density at radius 3 is 2.89 bits per heavy atom. The van der Waals surface area contributed by atoms with Crippen LogP contribution >= 0.6 is 0 Å². The van der Waals surface area contributed by atoms with Gasteiger partial charge in [-0.05, 0) is 24.5 Å². The molecular formula is C12H19N5O. The Hall–Kier alpha value is -2.11. The molecule has 0 saturated carbocycles. The average Bonchev–Trinajstić information content (AvgIpc) is 2.29. The van der Waals surface area contributed by atoms with Crippen molar-refractivity contribution in [2.24, 2.45) is 16.6 Å². The zero-order valence-corrected chi connectivity index (χ0v) is 10.9. The van der Waals surface area contributed by atoms with Crippen LogP contribution < -0.4 is 16.4 Å². The van der Waals surface area contributed by atoms with Crippen molar-refractivity contribution >= 4 is 17.8 Å². The number of aromatic nitrogens is 1. The van der Waals surface area contributed by atoms with Gasteiger partial charge >= 0.3 is 6.03 Å². The molecule has 4 N–H and O–H groups in total. The number of carbonyl (C=O) groups is 1. The van der Waals surface area contributed by atoms with E-state index in [1.165, 1.54) is 0 Å². The summed E-state index contributed by atoms with van der Waals surface area (Å²) < 4.78 is 0. The van der Waals surface area contributed by atoms with Gasteiger partial charge in [-0.25, -0.2) is 9.78 Å². The highest BCUT2D eigenvalue weighted by atomic mass is 16.2. The number of aryl methyl sites for hydroxylation is 1. The molecular weight excluding hydrogens is 230 g/mol. The van der Waals surface area contributed by atoms with Crippen LogP contribution in [0.5, 0.6) is 0 Å². The van der Waals surface area contributed by atoms with Gasteiger partial charge in [-0.15, -0.1) is 0 Å². The van der Waals surface area contributed by atoms with E-state index in [4.69, 9.17) is 5.73 Å². The molecule has 0 bridgehead atoms. The molecule has 6 heteroatoms. The van der Waals surface area contributed by atoms with E-state index < -0.39 is 0 Å². The number of nitrogens with zero attached hydrogens (tertiary/aromatic N) is 2. The number of carbonyl (C=O) groups excluding carboxylic acids is 1. The summed E-state index contributed by atoms with van der Waals surface area (Å²) >= 11 is 0. The Kier molecular flexibility index (Phi) is 5.10. The first-order valence-electron chi connectivity index (χ1n) is 5.79. The van der Waals surface area contributed by atoms with Gasteiger partial charge in [-0.2, -0.15) is 4.99 Å². The maximum Gasteiger partial charge on any atom is 0.321 e. The first-order chi connectivity index (χ1) is 8.49. The Bertz CT molecular complexity index is 442. The number of amides is 2. The van der Waals surface area contributed by atoms with Crippen molar-refractivity contribution in [3.8, 4) is 0 Å². The molecule has 0 aliphatic heterocycles. The highest BCUT2D eigenvalue weighted by Gasteiger charge is 2.04. The Balaban J connectivity index is 2.57. The number of hydrogen-bond donors (Lipinski definition) is 3. The minimum atomic E-state index is -0.362. The molecule has 18 heavy (non-hydrogen) atoms. The summed E-state index contributed by atoms with van der Waals surface area (Å²) in [5.74, 6) is 0.907. The maximum atomic E-state index is 11.4. The number of nitrogens with one attached hydrogen (secondary N) is 2. The smallest absolute Gasteiger partial charge is 0.321 e. The number of hydrogen-bond acceptors (Lipinski definition) is 3. The van der Waals surface area contributed by atoms with Gasteiger partial charge in [-0.1, -0.05) is 19.9 Å². The maximum absolute atomic E-state index is 11.4. The van der Waals surface area contributed by atoms with E-state index in [0.29, 0.717) is 18.3 Å². The first kappa shape index (κ1) is 14.0. The lowest BCUT2D eigenvalue weighted by molar-refractivity contribution is 0.244. The van der Waals surface area contributed by atoms with E-state index in [0.717, 1.165) is 5.56 Å². The van der Waals surface area contributed by atoms with Crippen LogP contribution in [0.1, 0.15) is 19.4 Å². The third kappa shape index (κ3) is 4.82. The van der Waals surface area contributed by atoms with Crippen LogP contribution in [0.3, 0.4) is 0 Å². The summed E-state index contributed by atoms with van der Waals surface area (Å²) in [6.07, 6.45) is 1.62. The lowest BCUT2D eigenvalue weighted by atomic mass is 10.2. The van der Waals surface area contributed by atoms with Crippen LogP contribution in [-0.2, 0) is 0 Å². The fraction of sp³-hybridized carbons (Fsp3) is 0.417. The molecule has 0 spiro atoms. The van der Waals surface area contributed by atoms with Gasteiger partial charge in [0.2, 0.25) is 5.96 Å². The Morgan fingerprint density at radius 2 is 2.28 bits per heavy atom. The minimum Gasteiger partial charge on any atom is -0.369 e. The summed E-state index contributed by atoms with van der Waals surface area (Å²) in [7, 11) is 0. The molecule has 1 heterocycles. The van der Waals surface area contributed by atoms with Crippen molar-refractivity contribution in [1.29, 1.82) is 0 Å². The van der Waals surface area contributed by atoms with Gasteiger partial charge in [0, 0.05) is 12.7 Å². The zero-order chi connectivity index (χ0) is 13.5. The van der Waals surface area contributed by atoms with Crippen LogP contribution in [0.4, 0.5) is 10.6 Å². The summed E-state index contributed by atoms with van der Waals surface area (Å²) in [5.41, 5.74) is 6.51. The lowest BCUT2D eigenvalue weighted by Gasteiger charge is -2.08. The lowest BCUT2D eigenvalue weighted by Crippen LogP contribution is -2.44. The fourth-order valence-electron chi connectivity index (χ4n) is 1.19. The molecule has 2 amide bonds. The Morgan fingerprint density at radius 1 is 1.56 bits per heavy atom. The van der Waals surface area contributed by atoms with Gasteiger partial charge in [0.25, 0.3) is 0 Å². The summed E-state index contributed by atoms with van der Waals surface area (Å²) in [5, 5.41) is 5.13. The molecule has 98 valence electrons. The monoisotopic (exact) mass is 249 g/mol. The molecule has 1 rings (SSSR count). The van der Waals surface area contributed by atoms with Gasteiger partial charge < -0.3 is 11.1 Å². The molecule has 0 radical (unpaired) electrons. The third-order valence-corrected chi connectivity index (χ3v) is 2.12. The second kappa shape index (κ2) is 6.58. The van der Waals surface area contributed by atoms with Crippen molar-refractivity contribution in [1.82, 2.24) is 15.6 Å². The van der Waals surface area contributed by atoms with Crippen molar-refractivity contribution in [2.75, 3.05) is 6.54 Å². The number of aliphatic imine (C=N–C) groups is 1. The molecule has 1 aromatic rings. The summed E-state index contributed by atoms with van der Waals surface area (Å²) in [6.45, 7) is 6.48. The van der Waals surface area contributed by atoms with E-state index in [-0.39, 0.29) is 12.0 Å². The Labute approximate surface area is 107 Å². The molecule has 1 aromatic heterocycles. The summed E-state index contributed by atoms with van der Waals surface area (Å²) in [6, 6.07) is 3.32. The standard InChI is InChI=1S/C12H19N5O/c1-8(2)7-15-12(18)17-11(13)16-10-9(3)5-4-6-14-10/h4-6,8H,7H2,1-3H3,(H4,13,14,15,16,17,18). The second-order valence-electron chi connectivity index (χ2n) is 4.37. The van der Waals surface area contributed by atoms with Gasteiger partial charge in [0.05, 0.1) is 0 Å². The van der Waals surface area contributed by atoms with Crippen molar-refractivity contribution in [3.05, 3.63) is 23.9 Å². The third-order valence-electron chi connectivity index (χ3n) is 2.12. The molecule has 0 aliphatic carbocycles. The van der Waals surface area contributed by atoms with E-state index >= 15 is 0 Å². The zero-order valence-electron chi connectivity index (χ0n) is 10.9. The largest absolute Gasteiger partial charge is 0.369 e. The highest BCUT2D eigenvalue weighted by Crippen LogP contribution is 2.12. The molecule has 0 saturated heterocycles. The van der Waals surface area contributed by atoms with Crippen LogP contribution in [0, 0.1) is 12.8 Å². The minimum absolute atomic E-state index is 0.0260. The topological polar surface area (TPSA) is 92.4 Å². The SMILES string of the molecule is Cc1cccnc1/N=C(\N)NC(=O)NCC(C)C. The molecule has 0 atom stereocenters. The van der Waals surface area contributed by atoms with Crippen molar-refractivity contribution in [2.45, 2.75) is 20.8 Å². The van der Waals surface area contributed by atoms with Gasteiger partial charge in [-0.3, -0.25) is 5.32 Å². The first-order valence-corrected chi connectivity index (χ1v) is 5.79. The normalized spacial score (nSPS) is 11.4. The average molecular weight is 249 g/mol. The quantitative estimate of drug-likeness (QED) is 0.556. The molecule has 6 nitrogen and oxygen atoms in total. The van der Waals surface area contributed by atoms with Crippen LogP contribution in [-0.4, -0.2) is 23.5 Å². The van der Waals surface area contributed by atoms with Gasteiger partial charge in [0.15, 0.2) is 5.82 Å². The number of rotatable bonds is 3. The van der Waals surface area contributed by atoms with Crippen LogP contribution in [0.2, 0.25) is 0 Å². The number of nitrogens with two attached hydrogens (primary N) is 1. The predicted molar refractivity (Wildman–Crippen MR) is 71.6 cm³/mol. The predicted octanol–water partition coefficient (Wildman–Crippen LogP) is 1.29. The van der Waals surface area contributed by atoms with Gasteiger partial charge in [0.1, 0.15) is 0 Å².